The third kappa shape index (κ3) is 8.35. The van der Waals surface area contributed by atoms with Crippen molar-refractivity contribution in [1.82, 2.24) is 0 Å². The maximum atomic E-state index is 2.29. The summed E-state index contributed by atoms with van der Waals surface area (Å²) in [5.74, 6) is 0. The molecule has 0 amide bonds. The predicted molar refractivity (Wildman–Crippen MR) is 80.6 cm³/mol. The van der Waals surface area contributed by atoms with Crippen LogP contribution in [-0.4, -0.2) is 10.5 Å². The van der Waals surface area contributed by atoms with E-state index in [1.165, 1.54) is 12.8 Å². The Balaban J connectivity index is 3.74. The maximum Gasteiger partial charge on any atom is 0.0336 e. The highest BCUT2D eigenvalue weighted by atomic mass is 33.5. The van der Waals surface area contributed by atoms with Crippen molar-refractivity contribution >= 4 is 31.4 Å². The number of allylic oxidation sites excluding steroid dienone is 2. The second-order valence-corrected chi connectivity index (χ2v) is 7.73. The average Bonchev–Trinajstić information content (AvgIpc) is 2.26. The highest BCUT2D eigenvalue weighted by Gasteiger charge is 2.06. The van der Waals surface area contributed by atoms with Gasteiger partial charge in [0.2, 0.25) is 0 Å². The Morgan fingerprint density at radius 2 is 1.27 bits per heavy atom. The zero-order chi connectivity index (χ0) is 11.5. The third-order valence-corrected chi connectivity index (χ3v) is 6.95. The first-order valence-corrected chi connectivity index (χ1v) is 9.13. The smallest absolute Gasteiger partial charge is 0.0336 e. The van der Waals surface area contributed by atoms with Gasteiger partial charge in [-0.25, -0.2) is 0 Å². The van der Waals surface area contributed by atoms with Crippen LogP contribution in [0.15, 0.2) is 24.3 Å². The van der Waals surface area contributed by atoms with Gasteiger partial charge in [0, 0.05) is 10.5 Å². The molecule has 0 heterocycles. The fourth-order valence-corrected chi connectivity index (χ4v) is 6.15. The first-order chi connectivity index (χ1) is 7.28. The number of hydrogen-bond acceptors (Lipinski definition) is 3. The fraction of sp³-hybridized carbons (Fsp3) is 0.667. The van der Waals surface area contributed by atoms with Crippen LogP contribution in [0.5, 0.6) is 0 Å². The van der Waals surface area contributed by atoms with E-state index < -0.39 is 0 Å². The van der Waals surface area contributed by atoms with Gasteiger partial charge in [0.15, 0.2) is 0 Å². The Kier molecular flexibility index (Phi) is 11.4. The lowest BCUT2D eigenvalue weighted by Crippen LogP contribution is -1.94. The molecule has 0 aromatic carbocycles. The zero-order valence-electron chi connectivity index (χ0n) is 10.1. The summed E-state index contributed by atoms with van der Waals surface area (Å²) in [5.41, 5.74) is 0. The van der Waals surface area contributed by atoms with E-state index in [-0.39, 0.29) is 0 Å². The van der Waals surface area contributed by atoms with Crippen LogP contribution in [-0.2, 0) is 0 Å². The van der Waals surface area contributed by atoms with Gasteiger partial charge in [0.25, 0.3) is 0 Å². The molecule has 88 valence electrons. The standard InChI is InChI=1S/C12H22S3/c1-5-9-11(7-3)13-15-14-12(8-4)10-6-2/h5-6,9-12H,7-8H2,1-4H3/b9-5-,10-6-. The van der Waals surface area contributed by atoms with E-state index in [1.807, 2.05) is 31.4 Å². The molecule has 0 radical (unpaired) electrons. The van der Waals surface area contributed by atoms with Gasteiger partial charge in [-0.15, -0.1) is 0 Å². The van der Waals surface area contributed by atoms with Gasteiger partial charge in [-0.2, -0.15) is 0 Å². The topological polar surface area (TPSA) is 0 Å². The summed E-state index contributed by atoms with van der Waals surface area (Å²) in [7, 11) is 5.88. The highest BCUT2D eigenvalue weighted by Crippen LogP contribution is 2.42. The predicted octanol–water partition coefficient (Wildman–Crippen LogP) is 5.73. The minimum absolute atomic E-state index is 0.663. The van der Waals surface area contributed by atoms with E-state index in [0.29, 0.717) is 10.5 Å². The molecule has 0 spiro atoms. The Morgan fingerprint density at radius 1 is 0.867 bits per heavy atom. The lowest BCUT2D eigenvalue weighted by molar-refractivity contribution is 0.980. The van der Waals surface area contributed by atoms with Crippen LogP contribution < -0.4 is 0 Å². The monoisotopic (exact) mass is 262 g/mol. The number of hydrogen-bond donors (Lipinski definition) is 0. The molecule has 0 rings (SSSR count). The second kappa shape index (κ2) is 11.0. The molecule has 0 nitrogen and oxygen atoms in total. The quantitative estimate of drug-likeness (QED) is 0.405. The third-order valence-electron chi connectivity index (χ3n) is 1.94. The SMILES string of the molecule is C/C=C\C(CC)SSSC(/C=C\C)CC. The van der Waals surface area contributed by atoms with Gasteiger partial charge >= 0.3 is 0 Å². The molecule has 0 aromatic heterocycles. The van der Waals surface area contributed by atoms with Crippen molar-refractivity contribution in [2.24, 2.45) is 0 Å². The van der Waals surface area contributed by atoms with Crippen molar-refractivity contribution in [2.75, 3.05) is 0 Å². The van der Waals surface area contributed by atoms with Crippen LogP contribution in [0.2, 0.25) is 0 Å². The largest absolute Gasteiger partial charge is 0.0905 e. The summed E-state index contributed by atoms with van der Waals surface area (Å²) in [6, 6.07) is 0. The fourth-order valence-electron chi connectivity index (χ4n) is 1.03. The first-order valence-electron chi connectivity index (χ1n) is 5.52. The molecule has 0 N–H and O–H groups in total. The first kappa shape index (κ1) is 15.5. The highest BCUT2D eigenvalue weighted by molar-refractivity contribution is 9.09. The zero-order valence-corrected chi connectivity index (χ0v) is 12.6. The lowest BCUT2D eigenvalue weighted by atomic mass is 10.3. The molecule has 0 aromatic rings. The number of rotatable bonds is 8. The van der Waals surface area contributed by atoms with Gasteiger partial charge < -0.3 is 0 Å². The van der Waals surface area contributed by atoms with Gasteiger partial charge in [-0.05, 0) is 36.5 Å². The van der Waals surface area contributed by atoms with Crippen molar-refractivity contribution in [3.63, 3.8) is 0 Å². The molecule has 0 bridgehead atoms. The normalized spacial score (nSPS) is 16.3. The van der Waals surface area contributed by atoms with Crippen LogP contribution in [0.3, 0.4) is 0 Å². The van der Waals surface area contributed by atoms with E-state index in [9.17, 15) is 0 Å². The van der Waals surface area contributed by atoms with Crippen molar-refractivity contribution in [1.29, 1.82) is 0 Å². The molecule has 0 aliphatic carbocycles. The van der Waals surface area contributed by atoms with Crippen LogP contribution in [0.4, 0.5) is 0 Å². The summed E-state index contributed by atoms with van der Waals surface area (Å²) < 4.78 is 0. The van der Waals surface area contributed by atoms with Gasteiger partial charge in [-0.3, -0.25) is 0 Å². The minimum Gasteiger partial charge on any atom is -0.0905 e. The van der Waals surface area contributed by atoms with Crippen molar-refractivity contribution in [3.05, 3.63) is 24.3 Å². The Morgan fingerprint density at radius 3 is 1.53 bits per heavy atom. The summed E-state index contributed by atoms with van der Waals surface area (Å²) in [5, 5.41) is 1.33. The van der Waals surface area contributed by atoms with E-state index in [1.54, 1.807) is 0 Å². The molecular weight excluding hydrogens is 240 g/mol. The molecule has 2 atom stereocenters. The van der Waals surface area contributed by atoms with E-state index in [4.69, 9.17) is 0 Å². The maximum absolute atomic E-state index is 2.29. The molecule has 0 saturated heterocycles. The van der Waals surface area contributed by atoms with Crippen LogP contribution in [0.25, 0.3) is 0 Å². The summed E-state index contributed by atoms with van der Waals surface area (Å²) in [4.78, 5) is 0. The van der Waals surface area contributed by atoms with Crippen LogP contribution >= 0.6 is 31.4 Å². The molecule has 0 aliphatic heterocycles. The molecular formula is C12H22S3. The van der Waals surface area contributed by atoms with Gasteiger partial charge in [-0.1, -0.05) is 59.7 Å². The summed E-state index contributed by atoms with van der Waals surface area (Å²) in [6.07, 6.45) is 11.3. The van der Waals surface area contributed by atoms with Crippen molar-refractivity contribution in [2.45, 2.75) is 51.0 Å². The van der Waals surface area contributed by atoms with Crippen LogP contribution in [0, 0.1) is 0 Å². The van der Waals surface area contributed by atoms with Crippen molar-refractivity contribution < 1.29 is 0 Å². The Labute approximate surface area is 107 Å². The van der Waals surface area contributed by atoms with E-state index in [2.05, 4.69) is 52.0 Å². The molecule has 0 saturated carbocycles. The lowest BCUT2D eigenvalue weighted by Gasteiger charge is -2.11. The Hall–Kier alpha value is 0.530. The van der Waals surface area contributed by atoms with Crippen molar-refractivity contribution in [3.8, 4) is 0 Å². The van der Waals surface area contributed by atoms with E-state index in [0.717, 1.165) is 0 Å². The molecule has 2 unspecified atom stereocenters. The van der Waals surface area contributed by atoms with Crippen LogP contribution in [0.1, 0.15) is 40.5 Å². The molecule has 0 fully saturated rings. The summed E-state index contributed by atoms with van der Waals surface area (Å²) in [6.45, 7) is 8.67. The summed E-state index contributed by atoms with van der Waals surface area (Å²) >= 11 is 0. The molecule has 3 heteroatoms. The molecule has 0 aliphatic rings. The van der Waals surface area contributed by atoms with E-state index >= 15 is 0 Å². The minimum atomic E-state index is 0.663. The Bertz CT molecular complexity index is 167. The average molecular weight is 263 g/mol. The molecule has 15 heavy (non-hydrogen) atoms. The van der Waals surface area contributed by atoms with Gasteiger partial charge in [0.1, 0.15) is 0 Å². The second-order valence-electron chi connectivity index (χ2n) is 3.21. The van der Waals surface area contributed by atoms with Gasteiger partial charge in [0.05, 0.1) is 0 Å².